The molecule has 0 heterocycles. The molecular weight excluding hydrogens is 336 g/mol. The third kappa shape index (κ3) is 3.20. The average molecular weight is 355 g/mol. The maximum absolute atomic E-state index is 12.7. The lowest BCUT2D eigenvalue weighted by molar-refractivity contribution is 0.0943. The molecule has 0 spiro atoms. The highest BCUT2D eigenvalue weighted by Gasteiger charge is 2.59. The molecule has 1 aliphatic rings. The van der Waals surface area contributed by atoms with Crippen molar-refractivity contribution in [3.63, 3.8) is 0 Å². The molecule has 0 unspecified atom stereocenters. The van der Waals surface area contributed by atoms with E-state index in [9.17, 15) is 4.79 Å². The van der Waals surface area contributed by atoms with E-state index in [1.807, 2.05) is 24.3 Å². The van der Waals surface area contributed by atoms with Gasteiger partial charge in [-0.25, -0.2) is 0 Å². The van der Waals surface area contributed by atoms with Gasteiger partial charge in [0.25, 0.3) is 5.91 Å². The smallest absolute Gasteiger partial charge is 0.255 e. The average Bonchev–Trinajstić information content (AvgIpc) is 3.15. The molecule has 0 aliphatic heterocycles. The Morgan fingerprint density at radius 3 is 2.52 bits per heavy atom. The van der Waals surface area contributed by atoms with Gasteiger partial charge in [0, 0.05) is 17.0 Å². The molecule has 4 nitrogen and oxygen atoms in total. The number of rotatable bonds is 4. The summed E-state index contributed by atoms with van der Waals surface area (Å²) in [5.41, 5.74) is 2.12. The number of nitriles is 1. The maximum atomic E-state index is 12.7. The van der Waals surface area contributed by atoms with Crippen LogP contribution in [0.5, 0.6) is 5.75 Å². The van der Waals surface area contributed by atoms with Gasteiger partial charge < -0.3 is 10.1 Å². The van der Waals surface area contributed by atoms with Crippen LogP contribution in [0, 0.1) is 16.7 Å². The first-order chi connectivity index (χ1) is 11.9. The summed E-state index contributed by atoms with van der Waals surface area (Å²) < 4.78 is 5.26. The van der Waals surface area contributed by atoms with Crippen LogP contribution in [0.1, 0.15) is 41.3 Å². The minimum absolute atomic E-state index is 0.0108. The van der Waals surface area contributed by atoms with E-state index in [1.54, 1.807) is 18.2 Å². The van der Waals surface area contributed by atoms with Crippen LogP contribution in [0.25, 0.3) is 0 Å². The number of nitrogens with zero attached hydrogens (tertiary/aromatic N) is 1. The van der Waals surface area contributed by atoms with E-state index in [0.29, 0.717) is 21.9 Å². The topological polar surface area (TPSA) is 62.1 Å². The number of halogens is 1. The zero-order valence-electron chi connectivity index (χ0n) is 14.3. The largest absolute Gasteiger partial charge is 0.496 e. The van der Waals surface area contributed by atoms with Gasteiger partial charge in [-0.1, -0.05) is 37.6 Å². The number of hydrogen-bond acceptors (Lipinski definition) is 3. The molecule has 0 saturated heterocycles. The summed E-state index contributed by atoms with van der Waals surface area (Å²) in [6.07, 6.45) is 0. The Kier molecular flexibility index (Phi) is 4.45. The Balaban J connectivity index is 1.80. The second-order valence-electron chi connectivity index (χ2n) is 6.83. The van der Waals surface area contributed by atoms with Crippen LogP contribution in [0.2, 0.25) is 5.02 Å². The third-order valence-corrected chi connectivity index (χ3v) is 5.15. The predicted molar refractivity (Wildman–Crippen MR) is 96.9 cm³/mol. The van der Waals surface area contributed by atoms with Crippen LogP contribution in [0.3, 0.4) is 0 Å². The van der Waals surface area contributed by atoms with Crippen molar-refractivity contribution in [3.05, 3.63) is 64.2 Å². The van der Waals surface area contributed by atoms with Crippen LogP contribution in [-0.4, -0.2) is 19.1 Å². The fraction of sp³-hybridized carbons (Fsp3) is 0.300. The highest BCUT2D eigenvalue weighted by atomic mass is 35.5. The van der Waals surface area contributed by atoms with Gasteiger partial charge in [0.05, 0.1) is 24.3 Å². The molecule has 1 fully saturated rings. The highest BCUT2D eigenvalue weighted by Crippen LogP contribution is 2.58. The second kappa shape index (κ2) is 6.42. The molecule has 25 heavy (non-hydrogen) atoms. The minimum Gasteiger partial charge on any atom is -0.496 e. The van der Waals surface area contributed by atoms with E-state index in [0.717, 1.165) is 5.56 Å². The van der Waals surface area contributed by atoms with Gasteiger partial charge in [0.2, 0.25) is 0 Å². The quantitative estimate of drug-likeness (QED) is 0.897. The van der Waals surface area contributed by atoms with E-state index in [1.165, 1.54) is 7.11 Å². The van der Waals surface area contributed by atoms with E-state index in [-0.39, 0.29) is 23.3 Å². The van der Waals surface area contributed by atoms with E-state index in [2.05, 4.69) is 25.2 Å². The van der Waals surface area contributed by atoms with Gasteiger partial charge >= 0.3 is 0 Å². The van der Waals surface area contributed by atoms with Crippen molar-refractivity contribution in [3.8, 4) is 11.8 Å². The molecule has 5 heteroatoms. The van der Waals surface area contributed by atoms with Gasteiger partial charge in [-0.15, -0.1) is 0 Å². The first kappa shape index (κ1) is 17.3. The summed E-state index contributed by atoms with van der Waals surface area (Å²) >= 11 is 6.02. The lowest BCUT2D eigenvalue weighted by atomic mass is 10.0. The molecule has 3 rings (SSSR count). The first-order valence-electron chi connectivity index (χ1n) is 8.03. The number of hydrogen-bond donors (Lipinski definition) is 1. The van der Waals surface area contributed by atoms with Crippen molar-refractivity contribution >= 4 is 17.5 Å². The molecule has 1 saturated carbocycles. The zero-order valence-corrected chi connectivity index (χ0v) is 15.1. The number of ether oxygens (including phenoxy) is 1. The van der Waals surface area contributed by atoms with Crippen LogP contribution < -0.4 is 10.1 Å². The normalized spacial score (nSPS) is 20.4. The number of carbonyl (C=O) groups is 1. The minimum atomic E-state index is -0.200. The predicted octanol–water partition coefficient (Wildman–Crippen LogP) is 4.14. The number of amides is 1. The lowest BCUT2D eigenvalue weighted by Gasteiger charge is -2.10. The van der Waals surface area contributed by atoms with Crippen LogP contribution in [0.4, 0.5) is 0 Å². The SMILES string of the molecule is COc1ccc(Cl)cc1C(=O)N[C@@H]1[C@@H](c2ccc(C#N)cc2)C1(C)C. The molecule has 128 valence electrons. The van der Waals surface area contributed by atoms with Crippen molar-refractivity contribution in [1.29, 1.82) is 5.26 Å². The van der Waals surface area contributed by atoms with Gasteiger partial charge in [-0.05, 0) is 41.3 Å². The number of nitrogens with one attached hydrogen (secondary N) is 1. The lowest BCUT2D eigenvalue weighted by Crippen LogP contribution is -2.29. The molecular formula is C20H19ClN2O2. The highest BCUT2D eigenvalue weighted by molar-refractivity contribution is 6.31. The van der Waals surface area contributed by atoms with Crippen molar-refractivity contribution in [2.24, 2.45) is 5.41 Å². The van der Waals surface area contributed by atoms with Crippen molar-refractivity contribution < 1.29 is 9.53 Å². The van der Waals surface area contributed by atoms with Crippen molar-refractivity contribution in [2.75, 3.05) is 7.11 Å². The van der Waals surface area contributed by atoms with Gasteiger partial charge in [0.15, 0.2) is 0 Å². The number of methoxy groups -OCH3 is 1. The van der Waals surface area contributed by atoms with E-state index < -0.39 is 0 Å². The maximum Gasteiger partial charge on any atom is 0.255 e. The van der Waals surface area contributed by atoms with Crippen molar-refractivity contribution in [2.45, 2.75) is 25.8 Å². The van der Waals surface area contributed by atoms with Crippen molar-refractivity contribution in [1.82, 2.24) is 5.32 Å². The molecule has 1 aliphatic carbocycles. The Hall–Kier alpha value is -2.51. The molecule has 0 radical (unpaired) electrons. The molecule has 1 amide bonds. The molecule has 2 aromatic carbocycles. The monoisotopic (exact) mass is 354 g/mol. The van der Waals surface area contributed by atoms with Gasteiger partial charge in [-0.2, -0.15) is 5.26 Å². The van der Waals surface area contributed by atoms with Gasteiger partial charge in [0.1, 0.15) is 5.75 Å². The van der Waals surface area contributed by atoms with E-state index >= 15 is 0 Å². The molecule has 2 aromatic rings. The van der Waals surface area contributed by atoms with Crippen LogP contribution in [-0.2, 0) is 0 Å². The summed E-state index contributed by atoms with van der Waals surface area (Å²) in [7, 11) is 1.53. The van der Waals surface area contributed by atoms with Crippen LogP contribution in [0.15, 0.2) is 42.5 Å². The van der Waals surface area contributed by atoms with Crippen LogP contribution >= 0.6 is 11.6 Å². The standard InChI is InChI=1S/C20H19ClN2O2/c1-20(2)17(13-6-4-12(11-22)5-7-13)18(20)23-19(24)15-10-14(21)8-9-16(15)25-3/h4-10,17-18H,1-3H3,(H,23,24)/t17-,18-/m1/s1. The fourth-order valence-electron chi connectivity index (χ4n) is 3.37. The Morgan fingerprint density at radius 1 is 1.24 bits per heavy atom. The molecule has 0 bridgehead atoms. The number of benzene rings is 2. The molecule has 1 N–H and O–H groups in total. The first-order valence-corrected chi connectivity index (χ1v) is 8.40. The van der Waals surface area contributed by atoms with E-state index in [4.69, 9.17) is 21.6 Å². The molecule has 2 atom stereocenters. The van der Waals surface area contributed by atoms with Gasteiger partial charge in [-0.3, -0.25) is 4.79 Å². The summed E-state index contributed by atoms with van der Waals surface area (Å²) in [5, 5.41) is 12.5. The Labute approximate surface area is 152 Å². The second-order valence-corrected chi connectivity index (χ2v) is 7.27. The summed E-state index contributed by atoms with van der Waals surface area (Å²) in [4.78, 5) is 12.7. The summed E-state index contributed by atoms with van der Waals surface area (Å²) in [6.45, 7) is 4.24. The summed E-state index contributed by atoms with van der Waals surface area (Å²) in [6, 6.07) is 14.7. The Morgan fingerprint density at radius 2 is 1.92 bits per heavy atom. The zero-order chi connectivity index (χ0) is 18.2. The number of carbonyl (C=O) groups excluding carboxylic acids is 1. The summed E-state index contributed by atoms with van der Waals surface area (Å²) in [5.74, 6) is 0.498. The third-order valence-electron chi connectivity index (χ3n) is 4.92. The Bertz CT molecular complexity index is 853. The molecule has 0 aromatic heterocycles. The fourth-order valence-corrected chi connectivity index (χ4v) is 3.54.